The van der Waals surface area contributed by atoms with E-state index in [1.807, 2.05) is 18.2 Å². The van der Waals surface area contributed by atoms with E-state index in [0.29, 0.717) is 6.54 Å². The van der Waals surface area contributed by atoms with Crippen LogP contribution in [0.5, 0.6) is 0 Å². The Morgan fingerprint density at radius 3 is 2.64 bits per heavy atom. The van der Waals surface area contributed by atoms with E-state index in [1.165, 1.54) is 0 Å². The van der Waals surface area contributed by atoms with Crippen LogP contribution in [0.4, 0.5) is 5.95 Å². The van der Waals surface area contributed by atoms with E-state index in [9.17, 15) is 4.79 Å². The van der Waals surface area contributed by atoms with Gasteiger partial charge in [0.25, 0.3) is 0 Å². The maximum atomic E-state index is 12.2. The number of piperidine rings is 1. The number of nitrogens with zero attached hydrogens (tertiary/aromatic N) is 4. The van der Waals surface area contributed by atoms with Crippen molar-refractivity contribution in [1.82, 2.24) is 20.3 Å². The van der Waals surface area contributed by atoms with Crippen LogP contribution in [-0.2, 0) is 11.3 Å². The molecule has 0 aliphatic carbocycles. The predicted molar refractivity (Wildman–Crippen MR) is 83.1 cm³/mol. The van der Waals surface area contributed by atoms with Crippen molar-refractivity contribution in [2.24, 2.45) is 5.92 Å². The highest BCUT2D eigenvalue weighted by molar-refractivity contribution is 5.78. The zero-order valence-corrected chi connectivity index (χ0v) is 12.4. The second kappa shape index (κ2) is 6.98. The Kier molecular flexibility index (Phi) is 4.58. The maximum absolute atomic E-state index is 12.2. The molecular formula is C16H19N5O. The molecule has 0 saturated carbocycles. The van der Waals surface area contributed by atoms with Gasteiger partial charge >= 0.3 is 0 Å². The summed E-state index contributed by atoms with van der Waals surface area (Å²) in [4.78, 5) is 26.9. The van der Waals surface area contributed by atoms with E-state index in [4.69, 9.17) is 0 Å². The number of carbonyl (C=O) groups is 1. The van der Waals surface area contributed by atoms with Gasteiger partial charge in [-0.1, -0.05) is 6.07 Å². The minimum absolute atomic E-state index is 0.0663. The minimum atomic E-state index is 0.0663. The lowest BCUT2D eigenvalue weighted by Crippen LogP contribution is -2.41. The van der Waals surface area contributed by atoms with Gasteiger partial charge in [-0.25, -0.2) is 9.97 Å². The topological polar surface area (TPSA) is 71.0 Å². The molecule has 6 nitrogen and oxygen atoms in total. The predicted octanol–water partition coefficient (Wildman–Crippen LogP) is 1.40. The third-order valence-electron chi connectivity index (χ3n) is 3.89. The summed E-state index contributed by atoms with van der Waals surface area (Å²) in [7, 11) is 0. The molecule has 0 radical (unpaired) electrons. The first-order valence-electron chi connectivity index (χ1n) is 7.51. The van der Waals surface area contributed by atoms with E-state index in [-0.39, 0.29) is 11.8 Å². The van der Waals surface area contributed by atoms with E-state index in [0.717, 1.165) is 37.4 Å². The Labute approximate surface area is 129 Å². The molecule has 1 fully saturated rings. The molecule has 1 saturated heterocycles. The zero-order chi connectivity index (χ0) is 15.2. The molecule has 1 N–H and O–H groups in total. The molecule has 0 spiro atoms. The SMILES string of the molecule is O=C(NCc1cccnc1)C1CCN(c2ncccn2)CC1. The fraction of sp³-hybridized carbons (Fsp3) is 0.375. The van der Waals surface area contributed by atoms with Crippen LogP contribution >= 0.6 is 0 Å². The Morgan fingerprint density at radius 1 is 1.18 bits per heavy atom. The van der Waals surface area contributed by atoms with Gasteiger partial charge in [0, 0.05) is 50.3 Å². The first-order chi connectivity index (χ1) is 10.8. The van der Waals surface area contributed by atoms with Gasteiger partial charge in [0.1, 0.15) is 0 Å². The van der Waals surface area contributed by atoms with Crippen LogP contribution in [-0.4, -0.2) is 33.9 Å². The van der Waals surface area contributed by atoms with E-state index in [1.54, 1.807) is 24.8 Å². The second-order valence-electron chi connectivity index (χ2n) is 5.39. The molecule has 0 aromatic carbocycles. The van der Waals surface area contributed by atoms with Gasteiger partial charge in [-0.15, -0.1) is 0 Å². The Bertz CT molecular complexity index is 596. The van der Waals surface area contributed by atoms with Crippen molar-refractivity contribution < 1.29 is 4.79 Å². The van der Waals surface area contributed by atoms with Crippen LogP contribution in [0, 0.1) is 5.92 Å². The van der Waals surface area contributed by atoms with E-state index in [2.05, 4.69) is 25.2 Å². The molecule has 22 heavy (non-hydrogen) atoms. The molecule has 3 rings (SSSR count). The Morgan fingerprint density at radius 2 is 1.95 bits per heavy atom. The van der Waals surface area contributed by atoms with Crippen LogP contribution in [0.2, 0.25) is 0 Å². The number of rotatable bonds is 4. The molecule has 3 heterocycles. The quantitative estimate of drug-likeness (QED) is 0.924. The smallest absolute Gasteiger partial charge is 0.225 e. The molecule has 2 aromatic heterocycles. The van der Waals surface area contributed by atoms with Gasteiger partial charge in [-0.2, -0.15) is 0 Å². The molecule has 0 atom stereocenters. The normalized spacial score (nSPS) is 15.5. The number of carbonyl (C=O) groups excluding carboxylic acids is 1. The second-order valence-corrected chi connectivity index (χ2v) is 5.39. The van der Waals surface area contributed by atoms with E-state index >= 15 is 0 Å². The lowest BCUT2D eigenvalue weighted by Gasteiger charge is -2.31. The van der Waals surface area contributed by atoms with Crippen LogP contribution in [0.25, 0.3) is 0 Å². The molecule has 2 aromatic rings. The van der Waals surface area contributed by atoms with Gasteiger partial charge in [-0.05, 0) is 30.5 Å². The molecule has 6 heteroatoms. The van der Waals surface area contributed by atoms with Crippen LogP contribution < -0.4 is 10.2 Å². The third kappa shape index (κ3) is 3.58. The molecular weight excluding hydrogens is 278 g/mol. The molecule has 114 valence electrons. The number of hydrogen-bond acceptors (Lipinski definition) is 5. The summed E-state index contributed by atoms with van der Waals surface area (Å²) >= 11 is 0. The van der Waals surface area contributed by atoms with Crippen LogP contribution in [0.3, 0.4) is 0 Å². The van der Waals surface area contributed by atoms with Gasteiger partial charge in [0.2, 0.25) is 11.9 Å². The van der Waals surface area contributed by atoms with Crippen molar-refractivity contribution in [3.05, 3.63) is 48.5 Å². The van der Waals surface area contributed by atoms with Gasteiger partial charge in [-0.3, -0.25) is 9.78 Å². The highest BCUT2D eigenvalue weighted by Crippen LogP contribution is 2.20. The van der Waals surface area contributed by atoms with Crippen molar-refractivity contribution in [1.29, 1.82) is 0 Å². The largest absolute Gasteiger partial charge is 0.352 e. The average molecular weight is 297 g/mol. The van der Waals surface area contributed by atoms with Crippen molar-refractivity contribution in [3.8, 4) is 0 Å². The number of hydrogen-bond donors (Lipinski definition) is 1. The summed E-state index contributed by atoms with van der Waals surface area (Å²) in [6.07, 6.45) is 8.65. The monoisotopic (exact) mass is 297 g/mol. The molecule has 1 aliphatic heterocycles. The average Bonchev–Trinajstić information content (AvgIpc) is 2.61. The minimum Gasteiger partial charge on any atom is -0.352 e. The van der Waals surface area contributed by atoms with Crippen molar-refractivity contribution in [2.75, 3.05) is 18.0 Å². The molecule has 1 aliphatic rings. The number of anilines is 1. The Balaban J connectivity index is 1.48. The fourth-order valence-electron chi connectivity index (χ4n) is 2.63. The first kappa shape index (κ1) is 14.4. The fourth-order valence-corrected chi connectivity index (χ4v) is 2.63. The Hall–Kier alpha value is -2.50. The summed E-state index contributed by atoms with van der Waals surface area (Å²) in [5.41, 5.74) is 1.02. The van der Waals surface area contributed by atoms with Crippen LogP contribution in [0.15, 0.2) is 43.0 Å². The summed E-state index contributed by atoms with van der Waals surface area (Å²) in [5, 5.41) is 2.99. The molecule has 1 amide bonds. The van der Waals surface area contributed by atoms with Crippen molar-refractivity contribution in [3.63, 3.8) is 0 Å². The van der Waals surface area contributed by atoms with Gasteiger partial charge in [0.05, 0.1) is 0 Å². The first-order valence-corrected chi connectivity index (χ1v) is 7.51. The highest BCUT2D eigenvalue weighted by atomic mass is 16.1. The number of pyridine rings is 1. The number of nitrogens with one attached hydrogen (secondary N) is 1. The zero-order valence-electron chi connectivity index (χ0n) is 12.4. The summed E-state index contributed by atoms with van der Waals surface area (Å²) in [6.45, 7) is 2.17. The lowest BCUT2D eigenvalue weighted by molar-refractivity contribution is -0.125. The third-order valence-corrected chi connectivity index (χ3v) is 3.89. The number of amides is 1. The van der Waals surface area contributed by atoms with Gasteiger partial charge < -0.3 is 10.2 Å². The maximum Gasteiger partial charge on any atom is 0.225 e. The number of aromatic nitrogens is 3. The summed E-state index contributed by atoms with van der Waals surface area (Å²) < 4.78 is 0. The standard InChI is InChI=1S/C16H19N5O/c22-15(20-12-13-3-1-6-17-11-13)14-4-9-21(10-5-14)16-18-7-2-8-19-16/h1-3,6-8,11,14H,4-5,9-10,12H2,(H,20,22). The van der Waals surface area contributed by atoms with Crippen LogP contribution in [0.1, 0.15) is 18.4 Å². The van der Waals surface area contributed by atoms with Gasteiger partial charge in [0.15, 0.2) is 0 Å². The summed E-state index contributed by atoms with van der Waals surface area (Å²) in [5.74, 6) is 0.936. The highest BCUT2D eigenvalue weighted by Gasteiger charge is 2.25. The van der Waals surface area contributed by atoms with Crippen molar-refractivity contribution >= 4 is 11.9 Å². The van der Waals surface area contributed by atoms with Crippen molar-refractivity contribution in [2.45, 2.75) is 19.4 Å². The molecule has 0 unspecified atom stereocenters. The lowest BCUT2D eigenvalue weighted by atomic mass is 9.96. The summed E-state index contributed by atoms with van der Waals surface area (Å²) in [6, 6.07) is 5.64. The van der Waals surface area contributed by atoms with E-state index < -0.39 is 0 Å². The molecule has 0 bridgehead atoms.